The van der Waals surface area contributed by atoms with Crippen LogP contribution in [0.3, 0.4) is 0 Å². The van der Waals surface area contributed by atoms with Crippen molar-refractivity contribution in [3.05, 3.63) is 0 Å². The average Bonchev–Trinajstić information content (AvgIpc) is 2.56. The molecule has 0 aliphatic heterocycles. The van der Waals surface area contributed by atoms with Gasteiger partial charge in [-0.25, -0.2) is 4.79 Å². The Labute approximate surface area is 196 Å². The van der Waals surface area contributed by atoms with Crippen LogP contribution in [0.25, 0.3) is 0 Å². The first-order chi connectivity index (χ1) is 11.6. The van der Waals surface area contributed by atoms with Crippen molar-refractivity contribution in [3.8, 4) is 0 Å². The first kappa shape index (κ1) is 27.8. The molecular formula is C19H37KNO4. The SMILES string of the molecule is CCCCCCCCCCCC(=O)N(CCC)[C@@H](CCO)C(=O)O.[K]. The van der Waals surface area contributed by atoms with Gasteiger partial charge in [0.1, 0.15) is 6.04 Å². The molecule has 0 unspecified atom stereocenters. The summed E-state index contributed by atoms with van der Waals surface area (Å²) in [6, 6.07) is -0.902. The van der Waals surface area contributed by atoms with Crippen molar-refractivity contribution in [2.24, 2.45) is 0 Å². The number of carboxylic acids is 1. The van der Waals surface area contributed by atoms with Gasteiger partial charge in [-0.3, -0.25) is 4.79 Å². The maximum absolute atomic E-state index is 12.3. The molecular weight excluding hydrogens is 345 g/mol. The van der Waals surface area contributed by atoms with Crippen molar-refractivity contribution < 1.29 is 19.8 Å². The molecule has 0 saturated heterocycles. The summed E-state index contributed by atoms with van der Waals surface area (Å²) >= 11 is 0. The Bertz CT molecular complexity index is 339. The van der Waals surface area contributed by atoms with E-state index in [9.17, 15) is 14.7 Å². The zero-order valence-electron chi connectivity index (χ0n) is 16.6. The minimum absolute atomic E-state index is 0. The van der Waals surface area contributed by atoms with Crippen LogP contribution in [-0.2, 0) is 9.59 Å². The third-order valence-corrected chi connectivity index (χ3v) is 4.34. The minimum atomic E-state index is -1.03. The molecule has 0 aromatic rings. The van der Waals surface area contributed by atoms with E-state index in [1.807, 2.05) is 6.92 Å². The van der Waals surface area contributed by atoms with Crippen LogP contribution < -0.4 is 0 Å². The van der Waals surface area contributed by atoms with E-state index in [-0.39, 0.29) is 70.3 Å². The van der Waals surface area contributed by atoms with Gasteiger partial charge in [0.25, 0.3) is 0 Å². The molecule has 0 aromatic heterocycles. The second-order valence-corrected chi connectivity index (χ2v) is 6.53. The summed E-state index contributed by atoms with van der Waals surface area (Å²) in [6.45, 7) is 4.36. The number of carbonyl (C=O) groups excluding carboxylic acids is 1. The topological polar surface area (TPSA) is 77.8 Å². The van der Waals surface area contributed by atoms with Gasteiger partial charge in [-0.05, 0) is 12.8 Å². The number of aliphatic hydroxyl groups is 1. The predicted molar refractivity (Wildman–Crippen MR) is 103 cm³/mol. The number of aliphatic hydroxyl groups excluding tert-OH is 1. The quantitative estimate of drug-likeness (QED) is 0.316. The number of amides is 1. The number of unbranched alkanes of at least 4 members (excludes halogenated alkanes) is 8. The molecule has 25 heavy (non-hydrogen) atoms. The number of carboxylic acid groups (broad SMARTS) is 1. The van der Waals surface area contributed by atoms with Crippen molar-refractivity contribution in [1.29, 1.82) is 0 Å². The van der Waals surface area contributed by atoms with Crippen molar-refractivity contribution >= 4 is 63.3 Å². The van der Waals surface area contributed by atoms with Crippen molar-refractivity contribution in [2.75, 3.05) is 13.2 Å². The van der Waals surface area contributed by atoms with Gasteiger partial charge in [-0.1, -0.05) is 65.2 Å². The van der Waals surface area contributed by atoms with E-state index >= 15 is 0 Å². The van der Waals surface area contributed by atoms with E-state index < -0.39 is 12.0 Å². The molecule has 143 valence electrons. The fraction of sp³-hybridized carbons (Fsp3) is 0.895. The zero-order chi connectivity index (χ0) is 18.2. The molecule has 0 aliphatic rings. The Morgan fingerprint density at radius 1 is 0.880 bits per heavy atom. The van der Waals surface area contributed by atoms with Gasteiger partial charge in [0, 0.05) is 77.4 Å². The standard InChI is InChI=1S/C19H37NO4.K/c1-3-5-6-7-8-9-10-11-12-13-18(22)20(15-4-2)17(14-16-21)19(23)24;/h17,21H,3-16H2,1-2H3,(H,23,24);/t17-;/m0./s1. The van der Waals surface area contributed by atoms with E-state index in [0.717, 1.165) is 25.7 Å². The van der Waals surface area contributed by atoms with Crippen LogP contribution in [0.2, 0.25) is 0 Å². The molecule has 0 aromatic carbocycles. The first-order valence-electron chi connectivity index (χ1n) is 9.71. The van der Waals surface area contributed by atoms with Crippen LogP contribution in [0.1, 0.15) is 90.9 Å². The normalized spacial score (nSPS) is 11.6. The Morgan fingerprint density at radius 3 is 1.84 bits per heavy atom. The number of hydrogen-bond donors (Lipinski definition) is 2. The molecule has 1 radical (unpaired) electrons. The number of rotatable bonds is 16. The molecule has 6 heteroatoms. The monoisotopic (exact) mass is 382 g/mol. The Hall–Kier alpha value is 0.536. The van der Waals surface area contributed by atoms with E-state index in [1.54, 1.807) is 0 Å². The summed E-state index contributed by atoms with van der Waals surface area (Å²) < 4.78 is 0. The number of aliphatic carboxylic acids is 1. The van der Waals surface area contributed by atoms with Crippen LogP contribution in [0.15, 0.2) is 0 Å². The molecule has 0 spiro atoms. The minimum Gasteiger partial charge on any atom is -0.480 e. The van der Waals surface area contributed by atoms with Gasteiger partial charge in [0.2, 0.25) is 5.91 Å². The molecule has 0 rings (SSSR count). The van der Waals surface area contributed by atoms with Crippen LogP contribution in [0.4, 0.5) is 0 Å². The number of carbonyl (C=O) groups is 2. The van der Waals surface area contributed by atoms with Crippen LogP contribution in [0.5, 0.6) is 0 Å². The summed E-state index contributed by atoms with van der Waals surface area (Å²) in [5.41, 5.74) is 0. The van der Waals surface area contributed by atoms with E-state index in [1.165, 1.54) is 43.4 Å². The van der Waals surface area contributed by atoms with Gasteiger partial charge in [0.05, 0.1) is 0 Å². The molecule has 0 fully saturated rings. The molecule has 1 amide bonds. The maximum Gasteiger partial charge on any atom is 0.326 e. The van der Waals surface area contributed by atoms with Crippen molar-refractivity contribution in [1.82, 2.24) is 4.90 Å². The molecule has 5 nitrogen and oxygen atoms in total. The second kappa shape index (κ2) is 19.3. The van der Waals surface area contributed by atoms with Crippen LogP contribution in [0, 0.1) is 0 Å². The average molecular weight is 383 g/mol. The van der Waals surface area contributed by atoms with Crippen LogP contribution >= 0.6 is 0 Å². The molecule has 1 atom stereocenters. The molecule has 2 N–H and O–H groups in total. The Balaban J connectivity index is 0. The smallest absolute Gasteiger partial charge is 0.326 e. The largest absolute Gasteiger partial charge is 0.480 e. The summed E-state index contributed by atoms with van der Waals surface area (Å²) in [4.78, 5) is 25.1. The fourth-order valence-corrected chi connectivity index (χ4v) is 2.96. The molecule has 0 saturated carbocycles. The van der Waals surface area contributed by atoms with Gasteiger partial charge >= 0.3 is 5.97 Å². The summed E-state index contributed by atoms with van der Waals surface area (Å²) in [5, 5.41) is 18.3. The molecule has 0 heterocycles. The maximum atomic E-state index is 12.3. The summed E-state index contributed by atoms with van der Waals surface area (Å²) in [6.07, 6.45) is 11.9. The van der Waals surface area contributed by atoms with E-state index in [0.29, 0.717) is 13.0 Å². The zero-order valence-corrected chi connectivity index (χ0v) is 19.8. The molecule has 0 aliphatic carbocycles. The number of nitrogens with zero attached hydrogens (tertiary/aromatic N) is 1. The van der Waals surface area contributed by atoms with Gasteiger partial charge in [-0.2, -0.15) is 0 Å². The second-order valence-electron chi connectivity index (χ2n) is 6.53. The summed E-state index contributed by atoms with van der Waals surface area (Å²) in [7, 11) is 0. The number of hydrogen-bond acceptors (Lipinski definition) is 3. The van der Waals surface area contributed by atoms with E-state index in [4.69, 9.17) is 5.11 Å². The third kappa shape index (κ3) is 14.3. The van der Waals surface area contributed by atoms with Crippen molar-refractivity contribution in [2.45, 2.75) is 96.9 Å². The van der Waals surface area contributed by atoms with Crippen molar-refractivity contribution in [3.63, 3.8) is 0 Å². The van der Waals surface area contributed by atoms with Gasteiger partial charge < -0.3 is 15.1 Å². The first-order valence-corrected chi connectivity index (χ1v) is 9.71. The van der Waals surface area contributed by atoms with Gasteiger partial charge in [0.15, 0.2) is 0 Å². The van der Waals surface area contributed by atoms with E-state index in [2.05, 4.69) is 6.92 Å². The fourth-order valence-electron chi connectivity index (χ4n) is 2.96. The van der Waals surface area contributed by atoms with Crippen LogP contribution in [-0.4, -0.2) is 97.6 Å². The van der Waals surface area contributed by atoms with Gasteiger partial charge in [-0.15, -0.1) is 0 Å². The predicted octanol–water partition coefficient (Wildman–Crippen LogP) is 3.60. The Kier molecular flexibility index (Phi) is 21.4. The Morgan fingerprint density at radius 2 is 1.40 bits per heavy atom. The summed E-state index contributed by atoms with van der Waals surface area (Å²) in [5.74, 6) is -1.13. The molecule has 0 bridgehead atoms. The third-order valence-electron chi connectivity index (χ3n) is 4.34.